The van der Waals surface area contributed by atoms with Crippen molar-refractivity contribution in [2.24, 2.45) is 18.2 Å². The molecule has 0 spiro atoms. The van der Waals surface area contributed by atoms with E-state index in [2.05, 4.69) is 18.9 Å². The van der Waals surface area contributed by atoms with Gasteiger partial charge in [0.25, 0.3) is 0 Å². The Bertz CT molecular complexity index is 348. The summed E-state index contributed by atoms with van der Waals surface area (Å²) in [5.74, 6) is 0. The molecule has 2 N–H and O–H groups in total. The SMILES string of the molecule is Cc1cn(C)nc1[C@@H](N)C1(C)CCCC1. The predicted molar refractivity (Wildman–Crippen MR) is 61.4 cm³/mol. The van der Waals surface area contributed by atoms with Crippen molar-refractivity contribution < 1.29 is 0 Å². The largest absolute Gasteiger partial charge is 0.322 e. The quantitative estimate of drug-likeness (QED) is 0.808. The monoisotopic (exact) mass is 207 g/mol. The third-order valence-electron chi connectivity index (χ3n) is 3.84. The summed E-state index contributed by atoms with van der Waals surface area (Å²) in [6, 6.07) is 0.0983. The van der Waals surface area contributed by atoms with Gasteiger partial charge in [0.05, 0.1) is 11.7 Å². The van der Waals surface area contributed by atoms with E-state index in [1.165, 1.54) is 31.2 Å². The van der Waals surface area contributed by atoms with E-state index in [0.29, 0.717) is 0 Å². The van der Waals surface area contributed by atoms with E-state index in [1.54, 1.807) is 0 Å². The van der Waals surface area contributed by atoms with E-state index in [1.807, 2.05) is 17.9 Å². The molecule has 0 bridgehead atoms. The highest BCUT2D eigenvalue weighted by Crippen LogP contribution is 2.45. The molecule has 0 radical (unpaired) electrons. The molecule has 3 heteroatoms. The average molecular weight is 207 g/mol. The van der Waals surface area contributed by atoms with Gasteiger partial charge in [-0.1, -0.05) is 19.8 Å². The van der Waals surface area contributed by atoms with Gasteiger partial charge in [-0.25, -0.2) is 0 Å². The third kappa shape index (κ3) is 1.81. The molecule has 0 aliphatic heterocycles. The highest BCUT2D eigenvalue weighted by molar-refractivity contribution is 5.21. The van der Waals surface area contributed by atoms with Crippen molar-refractivity contribution >= 4 is 0 Å². The topological polar surface area (TPSA) is 43.8 Å². The fourth-order valence-corrected chi connectivity index (χ4v) is 2.76. The Labute approximate surface area is 91.7 Å². The molecule has 1 aliphatic rings. The zero-order chi connectivity index (χ0) is 11.1. The molecule has 0 saturated heterocycles. The standard InChI is InChI=1S/C12H21N3/c1-9-8-15(3)14-10(9)11(13)12(2)6-4-5-7-12/h8,11H,4-7,13H2,1-3H3/t11-/m1/s1. The van der Waals surface area contributed by atoms with Crippen LogP contribution in [-0.4, -0.2) is 9.78 Å². The maximum Gasteiger partial charge on any atom is 0.0826 e. The van der Waals surface area contributed by atoms with Crippen LogP contribution < -0.4 is 5.73 Å². The minimum atomic E-state index is 0.0983. The highest BCUT2D eigenvalue weighted by atomic mass is 15.3. The van der Waals surface area contributed by atoms with Gasteiger partial charge in [0.1, 0.15) is 0 Å². The molecule has 1 aromatic rings. The van der Waals surface area contributed by atoms with Crippen molar-refractivity contribution in [3.8, 4) is 0 Å². The van der Waals surface area contributed by atoms with Gasteiger partial charge in [-0.3, -0.25) is 4.68 Å². The number of nitrogens with zero attached hydrogens (tertiary/aromatic N) is 2. The average Bonchev–Trinajstić information content (AvgIpc) is 2.73. The van der Waals surface area contributed by atoms with Crippen LogP contribution in [-0.2, 0) is 7.05 Å². The van der Waals surface area contributed by atoms with Crippen LogP contribution in [0.3, 0.4) is 0 Å². The van der Waals surface area contributed by atoms with Crippen molar-refractivity contribution in [3.05, 3.63) is 17.5 Å². The molecule has 0 amide bonds. The summed E-state index contributed by atoms with van der Waals surface area (Å²) in [4.78, 5) is 0. The molecule has 1 aliphatic carbocycles. The second kappa shape index (κ2) is 3.63. The van der Waals surface area contributed by atoms with Gasteiger partial charge in [0, 0.05) is 13.2 Å². The second-order valence-electron chi connectivity index (χ2n) is 5.21. The summed E-state index contributed by atoms with van der Waals surface area (Å²) >= 11 is 0. The van der Waals surface area contributed by atoms with Gasteiger partial charge in [-0.2, -0.15) is 5.10 Å². The van der Waals surface area contributed by atoms with Gasteiger partial charge in [-0.05, 0) is 30.7 Å². The van der Waals surface area contributed by atoms with E-state index < -0.39 is 0 Å². The lowest BCUT2D eigenvalue weighted by atomic mass is 9.79. The van der Waals surface area contributed by atoms with E-state index in [4.69, 9.17) is 5.73 Å². The van der Waals surface area contributed by atoms with Crippen molar-refractivity contribution in [2.45, 2.75) is 45.6 Å². The van der Waals surface area contributed by atoms with E-state index >= 15 is 0 Å². The van der Waals surface area contributed by atoms with E-state index in [0.717, 1.165) is 5.69 Å². The summed E-state index contributed by atoms with van der Waals surface area (Å²) in [6.45, 7) is 4.40. The normalized spacial score (nSPS) is 21.9. The number of aryl methyl sites for hydroxylation is 2. The Morgan fingerprint density at radius 1 is 1.47 bits per heavy atom. The lowest BCUT2D eigenvalue weighted by molar-refractivity contribution is 0.259. The maximum atomic E-state index is 6.37. The van der Waals surface area contributed by atoms with Crippen LogP contribution in [0, 0.1) is 12.3 Å². The Morgan fingerprint density at radius 2 is 2.07 bits per heavy atom. The van der Waals surface area contributed by atoms with Gasteiger partial charge in [-0.15, -0.1) is 0 Å². The smallest absolute Gasteiger partial charge is 0.0826 e. The molecule has 1 fully saturated rings. The van der Waals surface area contributed by atoms with Gasteiger partial charge in [0.15, 0.2) is 0 Å². The minimum absolute atomic E-state index is 0.0983. The number of nitrogens with two attached hydrogens (primary N) is 1. The molecule has 1 saturated carbocycles. The fraction of sp³-hybridized carbons (Fsp3) is 0.750. The summed E-state index contributed by atoms with van der Waals surface area (Å²) < 4.78 is 1.86. The first-order valence-electron chi connectivity index (χ1n) is 5.79. The van der Waals surface area contributed by atoms with Crippen molar-refractivity contribution in [1.82, 2.24) is 9.78 Å². The first kappa shape index (κ1) is 10.7. The first-order valence-corrected chi connectivity index (χ1v) is 5.79. The van der Waals surface area contributed by atoms with Crippen LogP contribution in [0.5, 0.6) is 0 Å². The molecule has 84 valence electrons. The summed E-state index contributed by atoms with van der Waals surface area (Å²) in [6.07, 6.45) is 7.16. The minimum Gasteiger partial charge on any atom is -0.322 e. The molecule has 3 nitrogen and oxygen atoms in total. The van der Waals surface area contributed by atoms with Crippen molar-refractivity contribution in [3.63, 3.8) is 0 Å². The fourth-order valence-electron chi connectivity index (χ4n) is 2.76. The van der Waals surface area contributed by atoms with Crippen LogP contribution in [0.4, 0.5) is 0 Å². The lowest BCUT2D eigenvalue weighted by Gasteiger charge is -2.30. The summed E-state index contributed by atoms with van der Waals surface area (Å²) in [5, 5.41) is 4.49. The van der Waals surface area contributed by atoms with E-state index in [9.17, 15) is 0 Å². The van der Waals surface area contributed by atoms with Crippen LogP contribution in [0.2, 0.25) is 0 Å². The molecular weight excluding hydrogens is 186 g/mol. The Hall–Kier alpha value is -0.830. The lowest BCUT2D eigenvalue weighted by Crippen LogP contribution is -2.30. The maximum absolute atomic E-state index is 6.37. The van der Waals surface area contributed by atoms with Crippen LogP contribution >= 0.6 is 0 Å². The number of hydrogen-bond donors (Lipinski definition) is 1. The highest BCUT2D eigenvalue weighted by Gasteiger charge is 2.37. The summed E-state index contributed by atoms with van der Waals surface area (Å²) in [5.41, 5.74) is 8.94. The number of hydrogen-bond acceptors (Lipinski definition) is 2. The van der Waals surface area contributed by atoms with Crippen LogP contribution in [0.25, 0.3) is 0 Å². The molecule has 2 rings (SSSR count). The Balaban J connectivity index is 2.27. The molecule has 0 unspecified atom stereocenters. The van der Waals surface area contributed by atoms with E-state index in [-0.39, 0.29) is 11.5 Å². The molecular formula is C12H21N3. The zero-order valence-electron chi connectivity index (χ0n) is 9.95. The number of aromatic nitrogens is 2. The van der Waals surface area contributed by atoms with Gasteiger partial charge < -0.3 is 5.73 Å². The van der Waals surface area contributed by atoms with Crippen molar-refractivity contribution in [2.75, 3.05) is 0 Å². The molecule has 15 heavy (non-hydrogen) atoms. The van der Waals surface area contributed by atoms with Crippen LogP contribution in [0.1, 0.15) is 49.9 Å². The second-order valence-corrected chi connectivity index (χ2v) is 5.21. The Morgan fingerprint density at radius 3 is 2.53 bits per heavy atom. The van der Waals surface area contributed by atoms with Crippen molar-refractivity contribution in [1.29, 1.82) is 0 Å². The summed E-state index contributed by atoms with van der Waals surface area (Å²) in [7, 11) is 1.96. The molecule has 1 atom stereocenters. The first-order chi connectivity index (χ1) is 7.03. The molecule has 0 aromatic carbocycles. The molecule has 1 heterocycles. The zero-order valence-corrected chi connectivity index (χ0v) is 9.95. The van der Waals surface area contributed by atoms with Crippen LogP contribution in [0.15, 0.2) is 6.20 Å². The Kier molecular flexibility index (Phi) is 2.59. The van der Waals surface area contributed by atoms with Gasteiger partial charge >= 0.3 is 0 Å². The third-order valence-corrected chi connectivity index (χ3v) is 3.84. The number of rotatable bonds is 2. The van der Waals surface area contributed by atoms with Gasteiger partial charge in [0.2, 0.25) is 0 Å². The predicted octanol–water partition coefficient (Wildman–Crippen LogP) is 2.31. The molecule has 1 aromatic heterocycles.